The Labute approximate surface area is 162 Å². The molecule has 1 aliphatic heterocycles. The second-order valence-electron chi connectivity index (χ2n) is 7.03. The number of pyridine rings is 1. The summed E-state index contributed by atoms with van der Waals surface area (Å²) in [5.41, 5.74) is 7.23. The van der Waals surface area contributed by atoms with Crippen molar-refractivity contribution < 1.29 is 0 Å². The van der Waals surface area contributed by atoms with Crippen molar-refractivity contribution in [3.63, 3.8) is 0 Å². The lowest BCUT2D eigenvalue weighted by molar-refractivity contribution is 0.747. The molecule has 0 saturated carbocycles. The Morgan fingerprint density at radius 1 is 1.04 bits per heavy atom. The average molecular weight is 366 g/mol. The molecule has 0 saturated heterocycles. The Morgan fingerprint density at radius 3 is 2.71 bits per heavy atom. The van der Waals surface area contributed by atoms with Crippen LogP contribution in [0.25, 0.3) is 22.2 Å². The molecular formula is C23H18N4O. The van der Waals surface area contributed by atoms with Crippen molar-refractivity contribution >= 4 is 16.7 Å². The van der Waals surface area contributed by atoms with E-state index in [0.29, 0.717) is 17.6 Å². The van der Waals surface area contributed by atoms with Crippen molar-refractivity contribution in [2.75, 3.05) is 5.32 Å². The average Bonchev–Trinajstić information content (AvgIpc) is 3.10. The highest BCUT2D eigenvalue weighted by molar-refractivity contribution is 5.73. The molecule has 0 bridgehead atoms. The van der Waals surface area contributed by atoms with Gasteiger partial charge in [0.25, 0.3) is 5.56 Å². The molecule has 28 heavy (non-hydrogen) atoms. The van der Waals surface area contributed by atoms with Gasteiger partial charge in [0.1, 0.15) is 6.33 Å². The number of nitrogens with one attached hydrogen (secondary N) is 1. The molecule has 1 aliphatic rings. The topological polar surface area (TPSA) is 59.8 Å². The Bertz CT molecular complexity index is 1270. The van der Waals surface area contributed by atoms with E-state index >= 15 is 0 Å². The number of aromatic nitrogens is 3. The summed E-state index contributed by atoms with van der Waals surface area (Å²) < 4.78 is 1.62. The summed E-state index contributed by atoms with van der Waals surface area (Å²) in [7, 11) is 0. The molecule has 0 amide bonds. The van der Waals surface area contributed by atoms with Gasteiger partial charge >= 0.3 is 0 Å². The molecule has 3 heterocycles. The molecule has 4 aromatic rings. The van der Waals surface area contributed by atoms with E-state index in [2.05, 4.69) is 64.3 Å². The number of hydrogen-bond acceptors (Lipinski definition) is 4. The molecule has 5 nitrogen and oxygen atoms in total. The highest BCUT2D eigenvalue weighted by atomic mass is 16.1. The van der Waals surface area contributed by atoms with Gasteiger partial charge in [0.15, 0.2) is 5.65 Å². The third-order valence-corrected chi connectivity index (χ3v) is 5.06. The first-order chi connectivity index (χ1) is 13.7. The summed E-state index contributed by atoms with van der Waals surface area (Å²) in [6.45, 7) is 4.48. The van der Waals surface area contributed by atoms with Crippen LogP contribution in [-0.4, -0.2) is 14.5 Å². The van der Waals surface area contributed by atoms with Crippen LogP contribution in [0.2, 0.25) is 0 Å². The normalized spacial score (nSPS) is 12.8. The summed E-state index contributed by atoms with van der Waals surface area (Å²) in [6, 6.07) is 18.2. The van der Waals surface area contributed by atoms with Crippen molar-refractivity contribution in [3.8, 4) is 11.1 Å². The Kier molecular flexibility index (Phi) is 3.79. The van der Waals surface area contributed by atoms with Crippen LogP contribution < -0.4 is 10.9 Å². The van der Waals surface area contributed by atoms with Crippen LogP contribution in [0.3, 0.4) is 0 Å². The fourth-order valence-electron chi connectivity index (χ4n) is 3.62. The quantitative estimate of drug-likeness (QED) is 0.596. The summed E-state index contributed by atoms with van der Waals surface area (Å²) >= 11 is 0. The number of hydrogen-bond donors (Lipinski definition) is 1. The minimum atomic E-state index is -0.0754. The van der Waals surface area contributed by atoms with E-state index in [1.54, 1.807) is 29.2 Å². The smallest absolute Gasteiger partial charge is 0.263 e. The SMILES string of the molecule is C=C1Cc2cc(-c3ccc(Cn4cnc5ncccc5c4=O)cc3)ccc2N1. The fraction of sp³-hybridized carbons (Fsp3) is 0.0870. The van der Waals surface area contributed by atoms with E-state index in [-0.39, 0.29) is 5.56 Å². The lowest BCUT2D eigenvalue weighted by Gasteiger charge is -2.09. The third kappa shape index (κ3) is 2.87. The monoisotopic (exact) mass is 366 g/mol. The van der Waals surface area contributed by atoms with Crippen LogP contribution in [0.4, 0.5) is 5.69 Å². The van der Waals surface area contributed by atoms with Gasteiger partial charge in [-0.1, -0.05) is 36.9 Å². The third-order valence-electron chi connectivity index (χ3n) is 5.06. The van der Waals surface area contributed by atoms with Crippen LogP contribution >= 0.6 is 0 Å². The van der Waals surface area contributed by atoms with Gasteiger partial charge < -0.3 is 5.32 Å². The summed E-state index contributed by atoms with van der Waals surface area (Å²) in [6.07, 6.45) is 4.07. The molecule has 0 fully saturated rings. The molecule has 5 rings (SSSR count). The van der Waals surface area contributed by atoms with Gasteiger partial charge in [-0.3, -0.25) is 9.36 Å². The standard InChI is InChI=1S/C23H18N4O/c1-15-11-19-12-18(8-9-21(19)26-15)17-6-4-16(5-7-17)13-27-14-25-22-20(23(27)28)3-2-10-24-22/h2-10,12,14,26H,1,11,13H2. The Morgan fingerprint density at radius 2 is 1.86 bits per heavy atom. The van der Waals surface area contributed by atoms with Crippen LogP contribution in [0.1, 0.15) is 11.1 Å². The van der Waals surface area contributed by atoms with Gasteiger partial charge in [0.2, 0.25) is 0 Å². The van der Waals surface area contributed by atoms with E-state index < -0.39 is 0 Å². The van der Waals surface area contributed by atoms with Gasteiger partial charge in [0.05, 0.1) is 11.9 Å². The molecule has 0 aliphatic carbocycles. The van der Waals surface area contributed by atoms with Gasteiger partial charge in [-0.2, -0.15) is 0 Å². The number of benzene rings is 2. The van der Waals surface area contributed by atoms with Crippen molar-refractivity contribution in [3.05, 3.63) is 101 Å². The van der Waals surface area contributed by atoms with Gasteiger partial charge in [-0.25, -0.2) is 9.97 Å². The summed E-state index contributed by atoms with van der Waals surface area (Å²) in [5.74, 6) is 0. The number of nitrogens with zero attached hydrogens (tertiary/aromatic N) is 3. The minimum Gasteiger partial charge on any atom is -0.359 e. The molecule has 136 valence electrons. The van der Waals surface area contributed by atoms with E-state index in [4.69, 9.17) is 0 Å². The summed E-state index contributed by atoms with van der Waals surface area (Å²) in [4.78, 5) is 21.0. The first-order valence-electron chi connectivity index (χ1n) is 9.14. The van der Waals surface area contributed by atoms with Crippen molar-refractivity contribution in [2.24, 2.45) is 0 Å². The Hall–Kier alpha value is -3.73. The van der Waals surface area contributed by atoms with Crippen LogP contribution in [0, 0.1) is 0 Å². The highest BCUT2D eigenvalue weighted by Gasteiger charge is 2.13. The second-order valence-corrected chi connectivity index (χ2v) is 7.03. The van der Waals surface area contributed by atoms with Crippen LogP contribution in [0.5, 0.6) is 0 Å². The van der Waals surface area contributed by atoms with E-state index in [9.17, 15) is 4.79 Å². The van der Waals surface area contributed by atoms with Gasteiger partial charge in [0, 0.05) is 24.0 Å². The van der Waals surface area contributed by atoms with Crippen molar-refractivity contribution in [2.45, 2.75) is 13.0 Å². The second kappa shape index (κ2) is 6.46. The maximum Gasteiger partial charge on any atom is 0.263 e. The van der Waals surface area contributed by atoms with Crippen LogP contribution in [-0.2, 0) is 13.0 Å². The number of allylic oxidation sites excluding steroid dienone is 1. The van der Waals surface area contributed by atoms with Crippen molar-refractivity contribution in [1.29, 1.82) is 0 Å². The van der Waals surface area contributed by atoms with Gasteiger partial charge in [-0.15, -0.1) is 0 Å². The van der Waals surface area contributed by atoms with Gasteiger partial charge in [-0.05, 0) is 46.5 Å². The zero-order chi connectivity index (χ0) is 19.1. The molecule has 0 spiro atoms. The Balaban J connectivity index is 1.42. The summed E-state index contributed by atoms with van der Waals surface area (Å²) in [5, 5.41) is 3.83. The zero-order valence-corrected chi connectivity index (χ0v) is 15.2. The maximum atomic E-state index is 12.6. The maximum absolute atomic E-state index is 12.6. The van der Waals surface area contributed by atoms with E-state index in [1.165, 1.54) is 11.1 Å². The predicted molar refractivity (Wildman–Crippen MR) is 111 cm³/mol. The molecule has 2 aromatic carbocycles. The number of anilines is 1. The lowest BCUT2D eigenvalue weighted by atomic mass is 10.0. The lowest BCUT2D eigenvalue weighted by Crippen LogP contribution is -2.21. The molecule has 2 aromatic heterocycles. The molecule has 0 atom stereocenters. The molecular weight excluding hydrogens is 348 g/mol. The predicted octanol–water partition coefficient (Wildman–Crippen LogP) is 3.99. The molecule has 5 heteroatoms. The molecule has 0 unspecified atom stereocenters. The van der Waals surface area contributed by atoms with Crippen molar-refractivity contribution in [1.82, 2.24) is 14.5 Å². The van der Waals surface area contributed by atoms with Crippen LogP contribution in [0.15, 0.2) is 84.2 Å². The largest absolute Gasteiger partial charge is 0.359 e. The van der Waals surface area contributed by atoms with E-state index in [0.717, 1.165) is 28.9 Å². The first-order valence-corrected chi connectivity index (χ1v) is 9.14. The highest BCUT2D eigenvalue weighted by Crippen LogP contribution is 2.31. The zero-order valence-electron chi connectivity index (χ0n) is 15.2. The number of fused-ring (bicyclic) bond motifs is 2. The van der Waals surface area contributed by atoms with E-state index in [1.807, 2.05) is 0 Å². The first kappa shape index (κ1) is 16.4. The molecule has 1 N–H and O–H groups in total. The fourth-order valence-corrected chi connectivity index (χ4v) is 3.62. The number of rotatable bonds is 3. The molecule has 0 radical (unpaired) electrons. The minimum absolute atomic E-state index is 0.0754.